The van der Waals surface area contributed by atoms with E-state index in [1.165, 1.54) is 0 Å². The van der Waals surface area contributed by atoms with Crippen molar-refractivity contribution in [2.45, 2.75) is 6.54 Å². The Morgan fingerprint density at radius 2 is 1.82 bits per heavy atom. The fourth-order valence-electron chi connectivity index (χ4n) is 1.74. The summed E-state index contributed by atoms with van der Waals surface area (Å²) in [6.07, 6.45) is 1.93. The molecule has 0 saturated heterocycles. The van der Waals surface area contributed by atoms with Gasteiger partial charge in [0.25, 0.3) is 0 Å². The molecule has 0 atom stereocenters. The monoisotopic (exact) mass is 232 g/mol. The minimum atomic E-state index is 0.507. The zero-order chi connectivity index (χ0) is 12.3. The van der Waals surface area contributed by atoms with Gasteiger partial charge in [-0.25, -0.2) is 0 Å². The summed E-state index contributed by atoms with van der Waals surface area (Å²) in [6.45, 7) is 0.507. The molecule has 2 aromatic rings. The van der Waals surface area contributed by atoms with Gasteiger partial charge in [-0.3, -0.25) is 0 Å². The standard InChI is InChI=1S/C13H16N2O2/c1-16-12-4-3-9(6-13(12)17-2)10-5-11(7-14)15-8-10/h3-6,8,15H,7,14H2,1-2H3. The van der Waals surface area contributed by atoms with Crippen molar-refractivity contribution >= 4 is 0 Å². The van der Waals surface area contributed by atoms with Crippen LogP contribution in [0.15, 0.2) is 30.5 Å². The lowest BCUT2D eigenvalue weighted by atomic mass is 10.1. The predicted molar refractivity (Wildman–Crippen MR) is 67.2 cm³/mol. The van der Waals surface area contributed by atoms with Gasteiger partial charge >= 0.3 is 0 Å². The maximum atomic E-state index is 5.57. The van der Waals surface area contributed by atoms with Crippen LogP contribution in [0.4, 0.5) is 0 Å². The van der Waals surface area contributed by atoms with Crippen LogP contribution in [0, 0.1) is 0 Å². The smallest absolute Gasteiger partial charge is 0.161 e. The number of ether oxygens (including phenoxy) is 2. The van der Waals surface area contributed by atoms with Gasteiger partial charge in [-0.2, -0.15) is 0 Å². The first-order chi connectivity index (χ1) is 8.28. The predicted octanol–water partition coefficient (Wildman–Crippen LogP) is 2.16. The molecule has 0 aliphatic rings. The van der Waals surface area contributed by atoms with Crippen LogP contribution >= 0.6 is 0 Å². The van der Waals surface area contributed by atoms with E-state index in [4.69, 9.17) is 15.2 Å². The Balaban J connectivity index is 2.38. The Hall–Kier alpha value is -1.94. The lowest BCUT2D eigenvalue weighted by molar-refractivity contribution is 0.355. The third kappa shape index (κ3) is 2.26. The number of nitrogens with two attached hydrogens (primary N) is 1. The van der Waals surface area contributed by atoms with Gasteiger partial charge in [-0.05, 0) is 29.3 Å². The molecule has 0 saturated carbocycles. The van der Waals surface area contributed by atoms with Gasteiger partial charge in [0.2, 0.25) is 0 Å². The summed E-state index contributed by atoms with van der Waals surface area (Å²) in [5, 5.41) is 0. The zero-order valence-corrected chi connectivity index (χ0v) is 9.99. The molecule has 4 heteroatoms. The summed E-state index contributed by atoms with van der Waals surface area (Å²) < 4.78 is 10.5. The lowest BCUT2D eigenvalue weighted by Gasteiger charge is -2.08. The Morgan fingerprint density at radius 1 is 1.06 bits per heavy atom. The minimum Gasteiger partial charge on any atom is -0.493 e. The third-order valence-electron chi connectivity index (χ3n) is 2.68. The lowest BCUT2D eigenvalue weighted by Crippen LogP contribution is -1.94. The second-order valence-electron chi connectivity index (χ2n) is 3.69. The number of hydrogen-bond acceptors (Lipinski definition) is 3. The highest BCUT2D eigenvalue weighted by atomic mass is 16.5. The molecule has 90 valence electrons. The quantitative estimate of drug-likeness (QED) is 0.849. The van der Waals surface area contributed by atoms with Crippen LogP contribution in [-0.4, -0.2) is 19.2 Å². The van der Waals surface area contributed by atoms with Crippen LogP contribution in [0.2, 0.25) is 0 Å². The van der Waals surface area contributed by atoms with E-state index >= 15 is 0 Å². The van der Waals surface area contributed by atoms with Crippen molar-refractivity contribution in [1.29, 1.82) is 0 Å². The van der Waals surface area contributed by atoms with Gasteiger partial charge < -0.3 is 20.2 Å². The Kier molecular flexibility index (Phi) is 3.35. The van der Waals surface area contributed by atoms with E-state index in [1.807, 2.05) is 30.5 Å². The van der Waals surface area contributed by atoms with Crippen LogP contribution in [0.5, 0.6) is 11.5 Å². The number of H-pyrrole nitrogens is 1. The second-order valence-corrected chi connectivity index (χ2v) is 3.69. The van der Waals surface area contributed by atoms with Gasteiger partial charge in [-0.1, -0.05) is 6.07 Å². The molecule has 0 spiro atoms. The van der Waals surface area contributed by atoms with E-state index in [-0.39, 0.29) is 0 Å². The molecule has 0 aliphatic carbocycles. The van der Waals surface area contributed by atoms with Crippen LogP contribution in [0.25, 0.3) is 11.1 Å². The van der Waals surface area contributed by atoms with Crippen molar-refractivity contribution in [3.8, 4) is 22.6 Å². The summed E-state index contributed by atoms with van der Waals surface area (Å²) in [7, 11) is 3.25. The first-order valence-electron chi connectivity index (χ1n) is 5.38. The fraction of sp³-hybridized carbons (Fsp3) is 0.231. The van der Waals surface area contributed by atoms with Crippen LogP contribution in [0.3, 0.4) is 0 Å². The minimum absolute atomic E-state index is 0.507. The number of benzene rings is 1. The molecule has 1 heterocycles. The van der Waals surface area contributed by atoms with Gasteiger partial charge in [0, 0.05) is 18.4 Å². The van der Waals surface area contributed by atoms with Crippen LogP contribution in [0.1, 0.15) is 5.69 Å². The summed E-state index contributed by atoms with van der Waals surface area (Å²) >= 11 is 0. The Morgan fingerprint density at radius 3 is 2.41 bits per heavy atom. The van der Waals surface area contributed by atoms with Crippen molar-refractivity contribution in [1.82, 2.24) is 4.98 Å². The van der Waals surface area contributed by atoms with Crippen molar-refractivity contribution in [2.75, 3.05) is 14.2 Å². The van der Waals surface area contributed by atoms with Crippen LogP contribution < -0.4 is 15.2 Å². The summed E-state index contributed by atoms with van der Waals surface area (Å²) in [4.78, 5) is 3.12. The normalized spacial score (nSPS) is 10.3. The molecule has 0 radical (unpaired) electrons. The number of rotatable bonds is 4. The van der Waals surface area contributed by atoms with E-state index in [1.54, 1.807) is 14.2 Å². The van der Waals surface area contributed by atoms with Gasteiger partial charge in [0.05, 0.1) is 14.2 Å². The molecule has 0 bridgehead atoms. The number of methoxy groups -OCH3 is 2. The van der Waals surface area contributed by atoms with Crippen molar-refractivity contribution in [3.63, 3.8) is 0 Å². The van der Waals surface area contributed by atoms with Crippen molar-refractivity contribution in [3.05, 3.63) is 36.2 Å². The highest BCUT2D eigenvalue weighted by Gasteiger charge is 2.07. The Bertz CT molecular complexity index is 506. The average molecular weight is 232 g/mol. The van der Waals surface area contributed by atoms with Gasteiger partial charge in [-0.15, -0.1) is 0 Å². The molecule has 17 heavy (non-hydrogen) atoms. The molecule has 3 N–H and O–H groups in total. The van der Waals surface area contributed by atoms with Crippen molar-refractivity contribution < 1.29 is 9.47 Å². The molecular weight excluding hydrogens is 216 g/mol. The fourth-order valence-corrected chi connectivity index (χ4v) is 1.74. The molecule has 1 aromatic heterocycles. The summed E-state index contributed by atoms with van der Waals surface area (Å²) in [5.74, 6) is 1.45. The van der Waals surface area contributed by atoms with Crippen molar-refractivity contribution in [2.24, 2.45) is 5.73 Å². The number of nitrogens with one attached hydrogen (secondary N) is 1. The molecular formula is C13H16N2O2. The van der Waals surface area contributed by atoms with E-state index < -0.39 is 0 Å². The molecule has 4 nitrogen and oxygen atoms in total. The molecule has 0 unspecified atom stereocenters. The van der Waals surface area contributed by atoms with Gasteiger partial charge in [0.15, 0.2) is 11.5 Å². The van der Waals surface area contributed by atoms with E-state index in [9.17, 15) is 0 Å². The zero-order valence-electron chi connectivity index (χ0n) is 9.99. The highest BCUT2D eigenvalue weighted by Crippen LogP contribution is 2.32. The number of hydrogen-bond donors (Lipinski definition) is 2. The maximum Gasteiger partial charge on any atom is 0.161 e. The highest BCUT2D eigenvalue weighted by molar-refractivity contribution is 5.67. The SMILES string of the molecule is COc1ccc(-c2c[nH]c(CN)c2)cc1OC. The van der Waals surface area contributed by atoms with E-state index in [2.05, 4.69) is 4.98 Å². The molecule has 2 rings (SSSR count). The molecule has 0 amide bonds. The largest absolute Gasteiger partial charge is 0.493 e. The first kappa shape index (κ1) is 11.5. The second kappa shape index (κ2) is 4.93. The van der Waals surface area contributed by atoms with E-state index in [0.717, 1.165) is 28.3 Å². The molecule has 1 aromatic carbocycles. The van der Waals surface area contributed by atoms with E-state index in [0.29, 0.717) is 6.54 Å². The number of aromatic amines is 1. The molecule has 0 aliphatic heterocycles. The van der Waals surface area contributed by atoms with Gasteiger partial charge in [0.1, 0.15) is 0 Å². The van der Waals surface area contributed by atoms with Crippen LogP contribution in [-0.2, 0) is 6.54 Å². The maximum absolute atomic E-state index is 5.57. The average Bonchev–Trinajstić information content (AvgIpc) is 2.86. The Labute approximate surface area is 100 Å². The third-order valence-corrected chi connectivity index (χ3v) is 2.68. The number of aromatic nitrogens is 1. The molecule has 0 fully saturated rings. The summed E-state index contributed by atoms with van der Waals surface area (Å²) in [5.41, 5.74) is 8.73. The first-order valence-corrected chi connectivity index (χ1v) is 5.38. The topological polar surface area (TPSA) is 60.3 Å². The summed E-state index contributed by atoms with van der Waals surface area (Å²) in [6, 6.07) is 7.86.